The molecule has 0 aliphatic carbocycles. The van der Waals surface area contributed by atoms with Crippen LogP contribution in [-0.2, 0) is 19.6 Å². The van der Waals surface area contributed by atoms with Crippen LogP contribution in [0.4, 0.5) is 5.69 Å². The highest BCUT2D eigenvalue weighted by molar-refractivity contribution is 8.14. The molecule has 0 heterocycles. The second-order valence-electron chi connectivity index (χ2n) is 4.55. The van der Waals surface area contributed by atoms with E-state index in [1.165, 1.54) is 24.9 Å². The molecular weight excluding hydrogens is 386 g/mol. The molecule has 1 aromatic rings. The second kappa shape index (κ2) is 11.2. The number of methoxy groups -OCH3 is 1. The van der Waals surface area contributed by atoms with Crippen LogP contribution in [0.1, 0.15) is 13.3 Å². The summed E-state index contributed by atoms with van der Waals surface area (Å²) in [4.78, 5) is 19.7. The lowest BCUT2D eigenvalue weighted by Gasteiger charge is -2.04. The number of non-ortho nitro benzene ring substituents is 1. The number of hydrogen-bond donors (Lipinski definition) is 2. The molecule has 1 rings (SSSR count). The Bertz CT molecular complexity index is 761. The lowest BCUT2D eigenvalue weighted by Crippen LogP contribution is -2.44. The highest BCUT2D eigenvalue weighted by Crippen LogP contribution is 2.15. The van der Waals surface area contributed by atoms with Gasteiger partial charge in [-0.1, -0.05) is 13.0 Å². The van der Waals surface area contributed by atoms with E-state index in [1.54, 1.807) is 6.08 Å². The molecule has 0 bridgehead atoms. The molecular formula is C14H19N3O7S2. The van der Waals surface area contributed by atoms with Gasteiger partial charge >= 0.3 is 5.97 Å². The van der Waals surface area contributed by atoms with Gasteiger partial charge in [0.1, 0.15) is 10.1 Å². The van der Waals surface area contributed by atoms with Crippen LogP contribution in [0.25, 0.3) is 0 Å². The lowest BCUT2D eigenvalue weighted by molar-refractivity contribution is -0.384. The SMILES string of the molecule is CCC(/C=C/C(=O)OC)SC(N)=[NH2+].O=[N+]([O-])c1ccc(S(=O)(=O)[O-])cc1. The summed E-state index contributed by atoms with van der Waals surface area (Å²) in [5, 5.41) is 15.9. The molecule has 0 fully saturated rings. The Morgan fingerprint density at radius 1 is 1.42 bits per heavy atom. The van der Waals surface area contributed by atoms with Crippen LogP contribution in [0.3, 0.4) is 0 Å². The van der Waals surface area contributed by atoms with Gasteiger partial charge in [-0.3, -0.25) is 21.3 Å². The Morgan fingerprint density at radius 2 is 1.96 bits per heavy atom. The zero-order valence-corrected chi connectivity index (χ0v) is 15.7. The van der Waals surface area contributed by atoms with E-state index in [4.69, 9.17) is 11.1 Å². The average Bonchev–Trinajstić information content (AvgIpc) is 2.57. The summed E-state index contributed by atoms with van der Waals surface area (Å²) in [6.07, 6.45) is 3.97. The van der Waals surface area contributed by atoms with E-state index in [0.717, 1.165) is 30.7 Å². The van der Waals surface area contributed by atoms with Crippen LogP contribution in [-0.4, -0.2) is 41.4 Å². The molecule has 12 heteroatoms. The fourth-order valence-electron chi connectivity index (χ4n) is 1.42. The van der Waals surface area contributed by atoms with E-state index in [9.17, 15) is 27.9 Å². The Kier molecular flexibility index (Phi) is 10.2. The minimum Gasteiger partial charge on any atom is -0.744 e. The summed E-state index contributed by atoms with van der Waals surface area (Å²) >= 11 is 1.33. The van der Waals surface area contributed by atoms with Crippen LogP contribution in [0.15, 0.2) is 41.3 Å². The molecule has 0 amide bonds. The third-order valence-electron chi connectivity index (χ3n) is 2.67. The Hall–Kier alpha value is -2.44. The molecule has 4 N–H and O–H groups in total. The summed E-state index contributed by atoms with van der Waals surface area (Å²) in [7, 11) is -3.18. The third kappa shape index (κ3) is 9.76. The van der Waals surface area contributed by atoms with Crippen molar-refractivity contribution in [3.8, 4) is 0 Å². The van der Waals surface area contributed by atoms with E-state index in [1.807, 2.05) is 6.92 Å². The molecule has 0 aliphatic heterocycles. The van der Waals surface area contributed by atoms with Crippen molar-refractivity contribution < 1.29 is 32.8 Å². The number of nitro groups is 1. The standard InChI is InChI=1S/C8H14N2O2S.C6H5NO5S/c1-3-6(13-8(9)10)4-5-7(11)12-2;8-7(9)5-1-3-6(4-2-5)13(10,11)12/h4-6H,3H2,1-2H3,(H3,9,10);1-4H,(H,10,11,12)/b5-4+;. The maximum absolute atomic E-state index is 10.7. The lowest BCUT2D eigenvalue weighted by atomic mass is 10.3. The van der Waals surface area contributed by atoms with Crippen LogP contribution in [0.5, 0.6) is 0 Å². The molecule has 0 saturated carbocycles. The van der Waals surface area contributed by atoms with Crippen molar-refractivity contribution in [2.45, 2.75) is 23.5 Å². The summed E-state index contributed by atoms with van der Waals surface area (Å²) in [5.41, 5.74) is 5.06. The molecule has 1 atom stereocenters. The van der Waals surface area contributed by atoms with Gasteiger partial charge in [0, 0.05) is 23.5 Å². The van der Waals surface area contributed by atoms with Crippen molar-refractivity contribution in [3.63, 3.8) is 0 Å². The van der Waals surface area contributed by atoms with Gasteiger partial charge in [-0.25, -0.2) is 13.2 Å². The maximum Gasteiger partial charge on any atom is 0.330 e. The summed E-state index contributed by atoms with van der Waals surface area (Å²) in [6, 6.07) is 3.73. The summed E-state index contributed by atoms with van der Waals surface area (Å²) in [5.74, 6) is -0.366. The monoisotopic (exact) mass is 405 g/mol. The van der Waals surface area contributed by atoms with Crippen LogP contribution in [0.2, 0.25) is 0 Å². The zero-order valence-electron chi connectivity index (χ0n) is 14.0. The molecule has 1 aromatic carbocycles. The number of benzene rings is 1. The number of carbonyl (C=O) groups is 1. The van der Waals surface area contributed by atoms with Gasteiger partial charge in [-0.05, 0) is 30.3 Å². The Balaban J connectivity index is 0.000000481. The highest BCUT2D eigenvalue weighted by Gasteiger charge is 2.08. The molecule has 10 nitrogen and oxygen atoms in total. The number of rotatable bonds is 6. The van der Waals surface area contributed by atoms with Gasteiger partial charge in [0.15, 0.2) is 0 Å². The van der Waals surface area contributed by atoms with Gasteiger partial charge < -0.3 is 9.29 Å². The quantitative estimate of drug-likeness (QED) is 0.123. The fourth-order valence-corrected chi connectivity index (χ4v) is 2.56. The Morgan fingerprint density at radius 3 is 2.31 bits per heavy atom. The van der Waals surface area contributed by atoms with Gasteiger partial charge in [0.2, 0.25) is 0 Å². The number of nitrogens with two attached hydrogens (primary N) is 2. The molecule has 0 aliphatic rings. The molecule has 0 spiro atoms. The van der Waals surface area contributed by atoms with E-state index in [2.05, 4.69) is 4.74 Å². The smallest absolute Gasteiger partial charge is 0.330 e. The topological polar surface area (TPSA) is 178 Å². The summed E-state index contributed by atoms with van der Waals surface area (Å²) < 4.78 is 35.6. The first-order valence-electron chi connectivity index (χ1n) is 7.02. The van der Waals surface area contributed by atoms with E-state index in [0.29, 0.717) is 5.17 Å². The predicted molar refractivity (Wildman–Crippen MR) is 95.0 cm³/mol. The van der Waals surface area contributed by atoms with Crippen LogP contribution < -0.4 is 11.1 Å². The van der Waals surface area contributed by atoms with Crippen LogP contribution in [0, 0.1) is 10.1 Å². The molecule has 0 saturated heterocycles. The number of amidine groups is 1. The van der Waals surface area contributed by atoms with E-state index < -0.39 is 19.9 Å². The molecule has 0 aromatic heterocycles. The van der Waals surface area contributed by atoms with Crippen molar-refractivity contribution in [1.29, 1.82) is 0 Å². The number of nitro benzene ring substituents is 1. The van der Waals surface area contributed by atoms with Gasteiger partial charge in [0.25, 0.3) is 10.9 Å². The number of ether oxygens (including phenoxy) is 1. The first-order chi connectivity index (χ1) is 12.0. The van der Waals surface area contributed by atoms with Gasteiger partial charge in [-0.15, -0.1) is 0 Å². The average molecular weight is 405 g/mol. The van der Waals surface area contributed by atoms with Gasteiger partial charge in [0.05, 0.1) is 16.9 Å². The fraction of sp³-hybridized carbons (Fsp3) is 0.286. The van der Waals surface area contributed by atoms with Crippen molar-refractivity contribution in [3.05, 3.63) is 46.5 Å². The molecule has 1 unspecified atom stereocenters. The normalized spacial score (nSPS) is 12.0. The minimum atomic E-state index is -4.52. The first kappa shape index (κ1) is 23.6. The van der Waals surface area contributed by atoms with Crippen molar-refractivity contribution in [1.82, 2.24) is 0 Å². The number of carbonyl (C=O) groups excluding carboxylic acids is 1. The third-order valence-corrected chi connectivity index (χ3v) is 4.59. The van der Waals surface area contributed by atoms with E-state index >= 15 is 0 Å². The van der Waals surface area contributed by atoms with Gasteiger partial charge in [-0.2, -0.15) is 0 Å². The number of thioether (sulfide) groups is 1. The van der Waals surface area contributed by atoms with Crippen molar-refractivity contribution >= 4 is 38.7 Å². The minimum absolute atomic E-state index is 0.129. The molecule has 0 radical (unpaired) electrons. The van der Waals surface area contributed by atoms with Crippen LogP contribution >= 0.6 is 11.8 Å². The first-order valence-corrected chi connectivity index (χ1v) is 9.31. The van der Waals surface area contributed by atoms with Crippen molar-refractivity contribution in [2.75, 3.05) is 7.11 Å². The number of hydrogen-bond acceptors (Lipinski definition) is 8. The largest absolute Gasteiger partial charge is 0.744 e. The molecule has 26 heavy (non-hydrogen) atoms. The van der Waals surface area contributed by atoms with E-state index in [-0.39, 0.29) is 16.9 Å². The zero-order chi connectivity index (χ0) is 20.3. The van der Waals surface area contributed by atoms with Crippen molar-refractivity contribution in [2.24, 2.45) is 5.73 Å². The highest BCUT2D eigenvalue weighted by atomic mass is 32.2. The number of esters is 1. The summed E-state index contributed by atoms with van der Waals surface area (Å²) in [6.45, 7) is 1.99. The predicted octanol–water partition coefficient (Wildman–Crippen LogP) is -0.200. The molecule has 144 valence electrons. The maximum atomic E-state index is 10.7. The number of nitrogens with zero attached hydrogens (tertiary/aromatic N) is 1. The Labute approximate surface area is 154 Å². The second-order valence-corrected chi connectivity index (χ2v) is 7.25.